The summed E-state index contributed by atoms with van der Waals surface area (Å²) in [7, 11) is 2.98. The zero-order valence-corrected chi connectivity index (χ0v) is 20.9. The largest absolute Gasteiger partial charge is 0.496 e. The lowest BCUT2D eigenvalue weighted by molar-refractivity contribution is 0.0596. The molecule has 184 valence electrons. The quantitative estimate of drug-likeness (QED) is 0.315. The van der Waals surface area contributed by atoms with Gasteiger partial charge in [0.2, 0.25) is 0 Å². The van der Waals surface area contributed by atoms with Gasteiger partial charge in [0, 0.05) is 29.6 Å². The van der Waals surface area contributed by atoms with Gasteiger partial charge in [0.15, 0.2) is 0 Å². The smallest absolute Gasteiger partial charge is 0.341 e. The highest BCUT2D eigenvalue weighted by Gasteiger charge is 2.32. The van der Waals surface area contributed by atoms with Crippen LogP contribution in [0.2, 0.25) is 0 Å². The van der Waals surface area contributed by atoms with Gasteiger partial charge in [-0.3, -0.25) is 0 Å². The fourth-order valence-corrected chi connectivity index (χ4v) is 5.29. The van der Waals surface area contributed by atoms with Crippen molar-refractivity contribution < 1.29 is 19.0 Å². The van der Waals surface area contributed by atoms with Crippen molar-refractivity contribution in [3.05, 3.63) is 107 Å². The van der Waals surface area contributed by atoms with Gasteiger partial charge in [0.05, 0.1) is 14.2 Å². The van der Waals surface area contributed by atoms with Crippen molar-refractivity contribution in [1.82, 2.24) is 5.32 Å². The summed E-state index contributed by atoms with van der Waals surface area (Å²) in [6, 6.07) is 28.8. The van der Waals surface area contributed by atoms with Crippen LogP contribution < -0.4 is 14.8 Å². The molecule has 1 aliphatic heterocycles. The summed E-state index contributed by atoms with van der Waals surface area (Å²) in [4.78, 5) is 12.4. The molecule has 5 nitrogen and oxygen atoms in total. The van der Waals surface area contributed by atoms with Crippen LogP contribution in [-0.2, 0) is 4.74 Å². The second kappa shape index (κ2) is 10.4. The fourth-order valence-electron chi connectivity index (χ4n) is 5.29. The number of carbonyl (C=O) groups is 1. The highest BCUT2D eigenvalue weighted by Crippen LogP contribution is 2.44. The molecule has 0 aliphatic carbocycles. The molecule has 1 heterocycles. The maximum absolute atomic E-state index is 12.4. The molecule has 0 fully saturated rings. The van der Waals surface area contributed by atoms with Crippen molar-refractivity contribution in [1.29, 1.82) is 0 Å². The van der Waals surface area contributed by atoms with E-state index < -0.39 is 5.97 Å². The van der Waals surface area contributed by atoms with E-state index in [-0.39, 0.29) is 18.1 Å². The first-order valence-electron chi connectivity index (χ1n) is 12.3. The van der Waals surface area contributed by atoms with Gasteiger partial charge < -0.3 is 19.5 Å². The monoisotopic (exact) mass is 481 g/mol. The summed E-state index contributed by atoms with van der Waals surface area (Å²) < 4.78 is 17.2. The van der Waals surface area contributed by atoms with Gasteiger partial charge in [0.1, 0.15) is 23.2 Å². The highest BCUT2D eigenvalue weighted by atomic mass is 16.5. The summed E-state index contributed by atoms with van der Waals surface area (Å²) in [5.41, 5.74) is 3.76. The Balaban J connectivity index is 1.42. The lowest BCUT2D eigenvalue weighted by Gasteiger charge is -2.34. The van der Waals surface area contributed by atoms with Gasteiger partial charge in [-0.15, -0.1) is 0 Å². The van der Waals surface area contributed by atoms with E-state index in [2.05, 4.69) is 60.8 Å². The summed E-state index contributed by atoms with van der Waals surface area (Å²) in [5.74, 6) is 1.04. The second-order valence-electron chi connectivity index (χ2n) is 9.18. The number of fused-ring (bicyclic) bond motifs is 2. The van der Waals surface area contributed by atoms with Crippen LogP contribution in [0.15, 0.2) is 84.9 Å². The molecule has 0 amide bonds. The number of hydrogen-bond acceptors (Lipinski definition) is 5. The van der Waals surface area contributed by atoms with Crippen LogP contribution in [-0.4, -0.2) is 32.8 Å². The van der Waals surface area contributed by atoms with Crippen molar-refractivity contribution in [2.45, 2.75) is 31.4 Å². The molecule has 0 spiro atoms. The molecule has 5 heteroatoms. The lowest BCUT2D eigenvalue weighted by Crippen LogP contribution is -2.37. The van der Waals surface area contributed by atoms with Crippen LogP contribution in [0.25, 0.3) is 10.8 Å². The maximum Gasteiger partial charge on any atom is 0.341 e. The van der Waals surface area contributed by atoms with E-state index >= 15 is 0 Å². The van der Waals surface area contributed by atoms with E-state index in [0.717, 1.165) is 23.3 Å². The van der Waals surface area contributed by atoms with Crippen molar-refractivity contribution in [2.75, 3.05) is 20.8 Å². The van der Waals surface area contributed by atoms with E-state index in [1.54, 1.807) is 13.2 Å². The fraction of sp³-hybridized carbons (Fsp3) is 0.258. The third-order valence-electron chi connectivity index (χ3n) is 7.06. The Morgan fingerprint density at radius 3 is 2.50 bits per heavy atom. The number of ether oxygens (including phenoxy) is 3. The molecule has 1 aliphatic rings. The normalized spacial score (nSPS) is 17.6. The first kappa shape index (κ1) is 23.9. The molecular formula is C31H31NO4. The summed E-state index contributed by atoms with van der Waals surface area (Å²) in [6.07, 6.45) is 0.710. The van der Waals surface area contributed by atoms with Crippen LogP contribution >= 0.6 is 0 Å². The SMILES string of the molecule is COC(=O)c1cccc([C@@H]2C[C@H](CN[C@H](C)c3cccc4ccccc34)Oc3ccccc32)c1OC. The first-order chi connectivity index (χ1) is 17.6. The number of benzene rings is 4. The Morgan fingerprint density at radius 2 is 1.67 bits per heavy atom. The number of esters is 1. The lowest BCUT2D eigenvalue weighted by atomic mass is 9.83. The standard InChI is InChI=1S/C31H31NO4/c1-20(23-14-8-11-21-10-4-5-12-24(21)23)32-19-22-18-28(25-13-6-7-17-29(25)36-22)26-15-9-16-27(30(26)34-2)31(33)35-3/h4-17,20,22,28,32H,18-19H2,1-3H3/t20-,22-,28-/m1/s1. The van der Waals surface area contributed by atoms with Gasteiger partial charge in [-0.05, 0) is 41.8 Å². The zero-order valence-electron chi connectivity index (χ0n) is 20.9. The molecule has 0 saturated carbocycles. The zero-order chi connectivity index (χ0) is 25.1. The van der Waals surface area contributed by atoms with E-state index in [9.17, 15) is 4.79 Å². The van der Waals surface area contributed by atoms with Gasteiger partial charge in [-0.1, -0.05) is 72.8 Å². The average Bonchev–Trinajstić information content (AvgIpc) is 2.94. The van der Waals surface area contributed by atoms with Crippen LogP contribution in [0.1, 0.15) is 52.4 Å². The van der Waals surface area contributed by atoms with Crippen LogP contribution in [0, 0.1) is 0 Å². The molecule has 4 aromatic carbocycles. The van der Waals surface area contributed by atoms with Gasteiger partial charge in [-0.2, -0.15) is 0 Å². The van der Waals surface area contributed by atoms with E-state index in [1.165, 1.54) is 23.4 Å². The Bertz CT molecular complexity index is 1380. The van der Waals surface area contributed by atoms with E-state index in [0.29, 0.717) is 17.9 Å². The minimum atomic E-state index is -0.406. The summed E-state index contributed by atoms with van der Waals surface area (Å²) >= 11 is 0. The van der Waals surface area contributed by atoms with E-state index in [1.807, 2.05) is 30.3 Å². The van der Waals surface area contributed by atoms with Gasteiger partial charge in [-0.25, -0.2) is 4.79 Å². The molecule has 4 aromatic rings. The predicted molar refractivity (Wildman–Crippen MR) is 142 cm³/mol. The van der Waals surface area contributed by atoms with Crippen molar-refractivity contribution in [2.24, 2.45) is 0 Å². The molecule has 0 bridgehead atoms. The predicted octanol–water partition coefficient (Wildman–Crippen LogP) is 6.27. The number of para-hydroxylation sites is 2. The summed E-state index contributed by atoms with van der Waals surface area (Å²) in [6.45, 7) is 2.88. The van der Waals surface area contributed by atoms with E-state index in [4.69, 9.17) is 14.2 Å². The number of nitrogens with one attached hydrogen (secondary N) is 1. The molecule has 36 heavy (non-hydrogen) atoms. The molecule has 0 saturated heterocycles. The Hall–Kier alpha value is -3.83. The second-order valence-corrected chi connectivity index (χ2v) is 9.18. The molecule has 5 rings (SSSR count). The molecule has 1 N–H and O–H groups in total. The molecule has 3 atom stereocenters. The highest BCUT2D eigenvalue weighted by molar-refractivity contribution is 5.93. The minimum absolute atomic E-state index is 0.0224. The number of methoxy groups -OCH3 is 2. The average molecular weight is 482 g/mol. The molecular weight excluding hydrogens is 450 g/mol. The topological polar surface area (TPSA) is 56.8 Å². The Morgan fingerprint density at radius 1 is 0.944 bits per heavy atom. The number of carbonyl (C=O) groups excluding carboxylic acids is 1. The minimum Gasteiger partial charge on any atom is -0.496 e. The first-order valence-corrected chi connectivity index (χ1v) is 12.3. The van der Waals surface area contributed by atoms with Gasteiger partial charge in [0.25, 0.3) is 0 Å². The third kappa shape index (κ3) is 4.54. The number of rotatable bonds is 7. The van der Waals surface area contributed by atoms with Crippen molar-refractivity contribution in [3.8, 4) is 11.5 Å². The van der Waals surface area contributed by atoms with Gasteiger partial charge >= 0.3 is 5.97 Å². The molecule has 0 unspecified atom stereocenters. The van der Waals surface area contributed by atoms with Crippen LogP contribution in [0.5, 0.6) is 11.5 Å². The third-order valence-corrected chi connectivity index (χ3v) is 7.06. The molecule has 0 aromatic heterocycles. The van der Waals surface area contributed by atoms with Crippen molar-refractivity contribution in [3.63, 3.8) is 0 Å². The van der Waals surface area contributed by atoms with Crippen LogP contribution in [0.4, 0.5) is 0 Å². The van der Waals surface area contributed by atoms with Crippen LogP contribution in [0.3, 0.4) is 0 Å². The number of hydrogen-bond donors (Lipinski definition) is 1. The summed E-state index contributed by atoms with van der Waals surface area (Å²) in [5, 5.41) is 6.20. The molecule has 0 radical (unpaired) electrons. The van der Waals surface area contributed by atoms with Crippen molar-refractivity contribution >= 4 is 16.7 Å². The maximum atomic E-state index is 12.4. The Labute approximate surface area is 212 Å². The Kier molecular flexibility index (Phi) is 6.92.